The lowest BCUT2D eigenvalue weighted by Gasteiger charge is -2.08. The Labute approximate surface area is 158 Å². The summed E-state index contributed by atoms with van der Waals surface area (Å²) >= 11 is 0. The van der Waals surface area contributed by atoms with Crippen LogP contribution < -0.4 is 20.5 Å². The lowest BCUT2D eigenvalue weighted by Crippen LogP contribution is -2.12. The number of nitrogens with two attached hydrogens (primary N) is 1. The van der Waals surface area contributed by atoms with Crippen molar-refractivity contribution in [3.05, 3.63) is 83.6 Å². The molecule has 0 aliphatic carbocycles. The van der Waals surface area contributed by atoms with Gasteiger partial charge in [-0.25, -0.2) is 4.98 Å². The van der Waals surface area contributed by atoms with E-state index in [4.69, 9.17) is 15.2 Å². The molecule has 0 aliphatic heterocycles. The van der Waals surface area contributed by atoms with Gasteiger partial charge in [0.2, 0.25) is 11.8 Å². The van der Waals surface area contributed by atoms with Crippen molar-refractivity contribution in [2.45, 2.75) is 13.1 Å². The molecule has 0 aliphatic rings. The second-order valence-corrected chi connectivity index (χ2v) is 5.95. The maximum atomic E-state index is 11.0. The van der Waals surface area contributed by atoms with E-state index in [-0.39, 0.29) is 0 Å². The van der Waals surface area contributed by atoms with Crippen LogP contribution in [-0.4, -0.2) is 18.0 Å². The number of methoxy groups -OCH3 is 1. The van der Waals surface area contributed by atoms with Gasteiger partial charge in [-0.1, -0.05) is 24.3 Å². The van der Waals surface area contributed by atoms with Crippen LogP contribution in [0.25, 0.3) is 0 Å². The first-order valence-corrected chi connectivity index (χ1v) is 8.50. The fourth-order valence-electron chi connectivity index (χ4n) is 2.48. The number of primary amides is 1. The number of nitrogens with one attached hydrogen (secondary N) is 1. The molecule has 0 fully saturated rings. The Morgan fingerprint density at radius 1 is 0.926 bits per heavy atom. The molecule has 138 valence electrons. The van der Waals surface area contributed by atoms with Crippen molar-refractivity contribution in [3.8, 4) is 17.4 Å². The van der Waals surface area contributed by atoms with Gasteiger partial charge in [0.05, 0.1) is 12.7 Å². The molecule has 3 N–H and O–H groups in total. The third-order valence-corrected chi connectivity index (χ3v) is 3.98. The van der Waals surface area contributed by atoms with E-state index in [2.05, 4.69) is 10.3 Å². The van der Waals surface area contributed by atoms with E-state index in [1.54, 1.807) is 19.2 Å². The number of rotatable bonds is 8. The van der Waals surface area contributed by atoms with Crippen LogP contribution in [-0.2, 0) is 13.1 Å². The molecule has 0 saturated carbocycles. The highest BCUT2D eigenvalue weighted by molar-refractivity contribution is 5.92. The molecule has 1 aromatic heterocycles. The minimum atomic E-state index is -0.513. The van der Waals surface area contributed by atoms with Crippen LogP contribution in [0.5, 0.6) is 17.4 Å². The van der Waals surface area contributed by atoms with Crippen molar-refractivity contribution in [1.82, 2.24) is 10.3 Å². The topological polar surface area (TPSA) is 86.5 Å². The van der Waals surface area contributed by atoms with Crippen molar-refractivity contribution in [2.75, 3.05) is 7.11 Å². The summed E-state index contributed by atoms with van der Waals surface area (Å²) in [6.07, 6.45) is 1.40. The van der Waals surface area contributed by atoms with Gasteiger partial charge >= 0.3 is 0 Å². The first-order valence-electron chi connectivity index (χ1n) is 8.50. The highest BCUT2D eigenvalue weighted by atomic mass is 16.5. The Bertz CT molecular complexity index is 876. The zero-order valence-electron chi connectivity index (χ0n) is 15.0. The number of amides is 1. The van der Waals surface area contributed by atoms with Crippen LogP contribution in [0, 0.1) is 0 Å². The molecule has 0 unspecified atom stereocenters. The van der Waals surface area contributed by atoms with E-state index in [0.717, 1.165) is 24.4 Å². The van der Waals surface area contributed by atoms with E-state index in [0.29, 0.717) is 17.2 Å². The lowest BCUT2D eigenvalue weighted by molar-refractivity contribution is 0.1000. The smallest absolute Gasteiger partial charge is 0.250 e. The SMILES string of the molecule is COc1ccc(CNCc2ccc(Oc3ccc(C(N)=O)cn3)cc2)cc1. The molecule has 0 spiro atoms. The molecule has 1 heterocycles. The summed E-state index contributed by atoms with van der Waals surface area (Å²) in [6, 6.07) is 18.9. The second kappa shape index (κ2) is 8.82. The number of hydrogen-bond donors (Lipinski definition) is 2. The van der Waals surface area contributed by atoms with Crippen LogP contribution in [0.3, 0.4) is 0 Å². The Hall–Kier alpha value is -3.38. The molecule has 3 rings (SSSR count). The molecule has 0 bridgehead atoms. The molecule has 1 amide bonds. The number of hydrogen-bond acceptors (Lipinski definition) is 5. The predicted molar refractivity (Wildman–Crippen MR) is 103 cm³/mol. The molecular weight excluding hydrogens is 342 g/mol. The molecular formula is C21H21N3O3. The number of carbonyl (C=O) groups is 1. The average Bonchev–Trinajstić information content (AvgIpc) is 2.70. The monoisotopic (exact) mass is 363 g/mol. The molecule has 0 radical (unpaired) electrons. The normalized spacial score (nSPS) is 10.4. The Morgan fingerprint density at radius 2 is 1.52 bits per heavy atom. The fraction of sp³-hybridized carbons (Fsp3) is 0.143. The van der Waals surface area contributed by atoms with Crippen molar-refractivity contribution in [2.24, 2.45) is 5.73 Å². The predicted octanol–water partition coefficient (Wildman–Crippen LogP) is 3.27. The number of benzene rings is 2. The zero-order valence-corrected chi connectivity index (χ0v) is 15.0. The Balaban J connectivity index is 1.49. The molecule has 6 heteroatoms. The largest absolute Gasteiger partial charge is 0.497 e. The van der Waals surface area contributed by atoms with Gasteiger partial charge in [0.1, 0.15) is 11.5 Å². The van der Waals surface area contributed by atoms with Crippen LogP contribution >= 0.6 is 0 Å². The fourth-order valence-corrected chi connectivity index (χ4v) is 2.48. The van der Waals surface area contributed by atoms with E-state index in [1.165, 1.54) is 11.8 Å². The van der Waals surface area contributed by atoms with Gasteiger partial charge in [-0.3, -0.25) is 4.79 Å². The maximum absolute atomic E-state index is 11.0. The van der Waals surface area contributed by atoms with E-state index in [1.807, 2.05) is 48.5 Å². The highest BCUT2D eigenvalue weighted by Gasteiger charge is 2.03. The first-order chi connectivity index (χ1) is 13.1. The van der Waals surface area contributed by atoms with Gasteiger partial charge in [0, 0.05) is 25.4 Å². The molecule has 0 saturated heterocycles. The van der Waals surface area contributed by atoms with Crippen molar-refractivity contribution in [1.29, 1.82) is 0 Å². The molecule has 2 aromatic carbocycles. The number of aromatic nitrogens is 1. The first kappa shape index (κ1) is 18.4. The number of carbonyl (C=O) groups excluding carboxylic acids is 1. The minimum absolute atomic E-state index is 0.348. The van der Waals surface area contributed by atoms with Crippen LogP contribution in [0.4, 0.5) is 0 Å². The van der Waals surface area contributed by atoms with E-state index in [9.17, 15) is 4.79 Å². The maximum Gasteiger partial charge on any atom is 0.250 e. The van der Waals surface area contributed by atoms with Crippen LogP contribution in [0.15, 0.2) is 66.9 Å². The van der Waals surface area contributed by atoms with Gasteiger partial charge in [0.15, 0.2) is 0 Å². The molecule has 6 nitrogen and oxygen atoms in total. The summed E-state index contributed by atoms with van der Waals surface area (Å²) in [5, 5.41) is 3.40. The summed E-state index contributed by atoms with van der Waals surface area (Å²) in [5.41, 5.74) is 7.88. The van der Waals surface area contributed by atoms with Crippen molar-refractivity contribution >= 4 is 5.91 Å². The quantitative estimate of drug-likeness (QED) is 0.641. The Kier molecular flexibility index (Phi) is 6.02. The Morgan fingerprint density at radius 3 is 2.00 bits per heavy atom. The molecule has 3 aromatic rings. The minimum Gasteiger partial charge on any atom is -0.497 e. The second-order valence-electron chi connectivity index (χ2n) is 5.95. The number of nitrogens with zero attached hydrogens (tertiary/aromatic N) is 1. The van der Waals surface area contributed by atoms with Gasteiger partial charge in [-0.2, -0.15) is 0 Å². The molecule has 0 atom stereocenters. The number of pyridine rings is 1. The van der Waals surface area contributed by atoms with Crippen molar-refractivity contribution < 1.29 is 14.3 Å². The average molecular weight is 363 g/mol. The van der Waals surface area contributed by atoms with Gasteiger partial charge in [-0.15, -0.1) is 0 Å². The van der Waals surface area contributed by atoms with Crippen LogP contribution in [0.2, 0.25) is 0 Å². The van der Waals surface area contributed by atoms with E-state index < -0.39 is 5.91 Å². The summed E-state index contributed by atoms with van der Waals surface area (Å²) in [5.74, 6) is 1.42. The molecule has 27 heavy (non-hydrogen) atoms. The summed E-state index contributed by atoms with van der Waals surface area (Å²) in [4.78, 5) is 15.1. The third kappa shape index (κ3) is 5.29. The summed E-state index contributed by atoms with van der Waals surface area (Å²) in [7, 11) is 1.66. The van der Waals surface area contributed by atoms with E-state index >= 15 is 0 Å². The van der Waals surface area contributed by atoms with Gasteiger partial charge in [-0.05, 0) is 41.5 Å². The van der Waals surface area contributed by atoms with Gasteiger partial charge in [0.25, 0.3) is 0 Å². The summed E-state index contributed by atoms with van der Waals surface area (Å²) in [6.45, 7) is 1.52. The number of ether oxygens (including phenoxy) is 2. The standard InChI is InChI=1S/C21H21N3O3/c1-26-18-7-2-15(3-8-18)12-23-13-16-4-9-19(10-5-16)27-20-11-6-17(14-24-20)21(22)25/h2-11,14,23H,12-13H2,1H3,(H2,22,25). The van der Waals surface area contributed by atoms with Gasteiger partial charge < -0.3 is 20.5 Å². The zero-order chi connectivity index (χ0) is 19.1. The third-order valence-electron chi connectivity index (χ3n) is 3.98. The highest BCUT2D eigenvalue weighted by Crippen LogP contribution is 2.20. The summed E-state index contributed by atoms with van der Waals surface area (Å²) < 4.78 is 10.8. The lowest BCUT2D eigenvalue weighted by atomic mass is 10.2. The van der Waals surface area contributed by atoms with Crippen LogP contribution in [0.1, 0.15) is 21.5 Å². The van der Waals surface area contributed by atoms with Crippen molar-refractivity contribution in [3.63, 3.8) is 0 Å².